The topological polar surface area (TPSA) is 78.4 Å². The Morgan fingerprint density at radius 2 is 2.23 bits per heavy atom. The Morgan fingerprint density at radius 1 is 1.41 bits per heavy atom. The summed E-state index contributed by atoms with van der Waals surface area (Å²) in [5, 5.41) is 2.94. The Hall–Kier alpha value is -2.02. The second kappa shape index (κ2) is 7.84. The molecule has 1 aromatic rings. The Morgan fingerprint density at radius 3 is 2.91 bits per heavy atom. The van der Waals surface area contributed by atoms with Crippen LogP contribution in [0, 0.1) is 5.92 Å². The van der Waals surface area contributed by atoms with Crippen molar-refractivity contribution in [3.05, 3.63) is 24.3 Å². The zero-order valence-corrected chi connectivity index (χ0v) is 13.2. The molecule has 2 rings (SSSR count). The Bertz CT molecular complexity index is 506. The second-order valence-corrected chi connectivity index (χ2v) is 5.78. The zero-order valence-electron chi connectivity index (χ0n) is 13.2. The van der Waals surface area contributed by atoms with Crippen molar-refractivity contribution in [2.75, 3.05) is 40.3 Å². The fourth-order valence-electron chi connectivity index (χ4n) is 2.49. The van der Waals surface area contributed by atoms with Crippen molar-refractivity contribution in [2.24, 2.45) is 5.92 Å². The highest BCUT2D eigenvalue weighted by Crippen LogP contribution is 2.18. The minimum atomic E-state index is -0.154. The van der Waals surface area contributed by atoms with Gasteiger partial charge in [-0.1, -0.05) is 0 Å². The van der Waals surface area contributed by atoms with Crippen LogP contribution < -0.4 is 5.32 Å². The van der Waals surface area contributed by atoms with Crippen LogP contribution in [0.1, 0.15) is 23.3 Å². The van der Waals surface area contributed by atoms with Crippen molar-refractivity contribution in [1.82, 2.24) is 25.1 Å². The fourth-order valence-corrected chi connectivity index (χ4v) is 2.49. The molecule has 0 saturated carbocycles. The number of piperidine rings is 1. The molecule has 1 saturated heterocycles. The molecule has 0 aromatic carbocycles. The minimum absolute atomic E-state index is 0.0264. The molecule has 2 amide bonds. The van der Waals surface area contributed by atoms with Gasteiger partial charge in [0.2, 0.25) is 5.91 Å². The van der Waals surface area contributed by atoms with Crippen LogP contribution in [0.5, 0.6) is 0 Å². The molecule has 0 bridgehead atoms. The van der Waals surface area contributed by atoms with Gasteiger partial charge in [0, 0.05) is 38.6 Å². The van der Waals surface area contributed by atoms with Crippen molar-refractivity contribution in [3.8, 4) is 0 Å². The number of hydrogen-bond donors (Lipinski definition) is 1. The van der Waals surface area contributed by atoms with Crippen LogP contribution >= 0.6 is 0 Å². The first-order valence-corrected chi connectivity index (χ1v) is 7.55. The highest BCUT2D eigenvalue weighted by atomic mass is 16.2. The van der Waals surface area contributed by atoms with E-state index < -0.39 is 0 Å². The lowest BCUT2D eigenvalue weighted by Gasteiger charge is -2.31. The van der Waals surface area contributed by atoms with E-state index >= 15 is 0 Å². The normalized spacial score (nSPS) is 18.3. The van der Waals surface area contributed by atoms with Crippen LogP contribution in [0.4, 0.5) is 0 Å². The Kier molecular flexibility index (Phi) is 5.83. The molecule has 1 fully saturated rings. The SMILES string of the molecule is CN(C)CCNC(=O)C1CCCN(C(=O)c2cnccn2)C1. The van der Waals surface area contributed by atoms with Crippen LogP contribution in [0.25, 0.3) is 0 Å². The quantitative estimate of drug-likeness (QED) is 0.829. The monoisotopic (exact) mass is 305 g/mol. The minimum Gasteiger partial charge on any atom is -0.355 e. The molecule has 22 heavy (non-hydrogen) atoms. The Labute approximate surface area is 130 Å². The fraction of sp³-hybridized carbons (Fsp3) is 0.600. The van der Waals surface area contributed by atoms with Gasteiger partial charge in [-0.2, -0.15) is 0 Å². The number of aromatic nitrogens is 2. The summed E-state index contributed by atoms with van der Waals surface area (Å²) in [5.74, 6) is -0.270. The maximum Gasteiger partial charge on any atom is 0.274 e. The van der Waals surface area contributed by atoms with Gasteiger partial charge in [-0.05, 0) is 26.9 Å². The lowest BCUT2D eigenvalue weighted by Crippen LogP contribution is -2.46. The lowest BCUT2D eigenvalue weighted by molar-refractivity contribution is -0.126. The van der Waals surface area contributed by atoms with Crippen molar-refractivity contribution in [1.29, 1.82) is 0 Å². The van der Waals surface area contributed by atoms with Gasteiger partial charge in [0.1, 0.15) is 5.69 Å². The average Bonchev–Trinajstić information content (AvgIpc) is 2.54. The van der Waals surface area contributed by atoms with E-state index in [2.05, 4.69) is 15.3 Å². The highest BCUT2D eigenvalue weighted by molar-refractivity contribution is 5.92. The molecule has 0 spiro atoms. The number of carbonyl (C=O) groups is 2. The first-order chi connectivity index (χ1) is 10.6. The maximum absolute atomic E-state index is 12.4. The second-order valence-electron chi connectivity index (χ2n) is 5.78. The largest absolute Gasteiger partial charge is 0.355 e. The number of hydrogen-bond acceptors (Lipinski definition) is 5. The Balaban J connectivity index is 1.88. The number of nitrogens with one attached hydrogen (secondary N) is 1. The third-order valence-electron chi connectivity index (χ3n) is 3.72. The van der Waals surface area contributed by atoms with Gasteiger partial charge in [0.05, 0.1) is 12.1 Å². The van der Waals surface area contributed by atoms with Gasteiger partial charge < -0.3 is 15.1 Å². The number of likely N-dealkylation sites (tertiary alicyclic amines) is 1. The summed E-state index contributed by atoms with van der Waals surface area (Å²) >= 11 is 0. The predicted molar refractivity (Wildman–Crippen MR) is 82.2 cm³/mol. The van der Waals surface area contributed by atoms with E-state index in [9.17, 15) is 9.59 Å². The molecule has 2 heterocycles. The zero-order chi connectivity index (χ0) is 15.9. The molecule has 1 aromatic heterocycles. The summed E-state index contributed by atoms with van der Waals surface area (Å²) in [6, 6.07) is 0. The third kappa shape index (κ3) is 4.49. The molecule has 0 aliphatic carbocycles. The molecular formula is C15H23N5O2. The predicted octanol–water partition coefficient (Wildman–Crippen LogP) is 0.00660. The van der Waals surface area contributed by atoms with Crippen LogP contribution in [0.2, 0.25) is 0 Å². The van der Waals surface area contributed by atoms with Gasteiger partial charge >= 0.3 is 0 Å². The third-order valence-corrected chi connectivity index (χ3v) is 3.72. The van der Waals surface area contributed by atoms with Crippen molar-refractivity contribution in [3.63, 3.8) is 0 Å². The van der Waals surface area contributed by atoms with E-state index in [4.69, 9.17) is 0 Å². The molecule has 1 aliphatic rings. The van der Waals surface area contributed by atoms with Gasteiger partial charge in [0.15, 0.2) is 0 Å². The van der Waals surface area contributed by atoms with E-state index in [1.54, 1.807) is 4.90 Å². The van der Waals surface area contributed by atoms with Crippen LogP contribution in [0.15, 0.2) is 18.6 Å². The maximum atomic E-state index is 12.4. The van der Waals surface area contributed by atoms with Crippen LogP contribution in [-0.4, -0.2) is 71.9 Å². The number of rotatable bonds is 5. The number of amides is 2. The van der Waals surface area contributed by atoms with E-state index in [1.807, 2.05) is 19.0 Å². The molecule has 1 N–H and O–H groups in total. The molecule has 120 valence electrons. The highest BCUT2D eigenvalue weighted by Gasteiger charge is 2.29. The molecular weight excluding hydrogens is 282 g/mol. The smallest absolute Gasteiger partial charge is 0.274 e. The van der Waals surface area contributed by atoms with E-state index in [0.717, 1.165) is 19.4 Å². The van der Waals surface area contributed by atoms with Crippen molar-refractivity contribution >= 4 is 11.8 Å². The summed E-state index contributed by atoms with van der Waals surface area (Å²) in [4.78, 5) is 36.2. The van der Waals surface area contributed by atoms with Gasteiger partial charge in [-0.15, -0.1) is 0 Å². The summed E-state index contributed by atoms with van der Waals surface area (Å²) in [6.45, 7) is 2.54. The molecule has 7 nitrogen and oxygen atoms in total. The van der Waals surface area contributed by atoms with Crippen LogP contribution in [0.3, 0.4) is 0 Å². The van der Waals surface area contributed by atoms with Crippen LogP contribution in [-0.2, 0) is 4.79 Å². The number of likely N-dealkylation sites (N-methyl/N-ethyl adjacent to an activating group) is 1. The molecule has 7 heteroatoms. The van der Waals surface area contributed by atoms with Gasteiger partial charge in [-0.25, -0.2) is 4.98 Å². The molecule has 1 aliphatic heterocycles. The summed E-state index contributed by atoms with van der Waals surface area (Å²) < 4.78 is 0. The van der Waals surface area contributed by atoms with Crippen molar-refractivity contribution in [2.45, 2.75) is 12.8 Å². The van der Waals surface area contributed by atoms with E-state index in [-0.39, 0.29) is 17.7 Å². The van der Waals surface area contributed by atoms with E-state index in [0.29, 0.717) is 25.3 Å². The number of carbonyl (C=O) groups excluding carboxylic acids is 2. The molecule has 0 radical (unpaired) electrons. The first-order valence-electron chi connectivity index (χ1n) is 7.55. The molecule has 1 atom stereocenters. The van der Waals surface area contributed by atoms with E-state index in [1.165, 1.54) is 18.6 Å². The summed E-state index contributed by atoms with van der Waals surface area (Å²) in [7, 11) is 3.93. The average molecular weight is 305 g/mol. The standard InChI is InChI=1S/C15H23N5O2/c1-19(2)9-7-18-14(21)12-4-3-8-20(11-12)15(22)13-10-16-5-6-17-13/h5-6,10,12H,3-4,7-9,11H2,1-2H3,(H,18,21). The van der Waals surface area contributed by atoms with Gasteiger partial charge in [0.25, 0.3) is 5.91 Å². The lowest BCUT2D eigenvalue weighted by atomic mass is 9.97. The first kappa shape index (κ1) is 16.4. The van der Waals surface area contributed by atoms with Gasteiger partial charge in [-0.3, -0.25) is 14.6 Å². The van der Waals surface area contributed by atoms with Crippen molar-refractivity contribution < 1.29 is 9.59 Å². The number of nitrogens with zero attached hydrogens (tertiary/aromatic N) is 4. The molecule has 1 unspecified atom stereocenters. The summed E-state index contributed by atoms with van der Waals surface area (Å²) in [6.07, 6.45) is 6.15. The summed E-state index contributed by atoms with van der Waals surface area (Å²) in [5.41, 5.74) is 0.330.